The zero-order valence-corrected chi connectivity index (χ0v) is 34.2. The predicted octanol–water partition coefficient (Wildman–Crippen LogP) is 4.02. The van der Waals surface area contributed by atoms with E-state index in [0.717, 1.165) is 10.5 Å². The normalized spacial score (nSPS) is 15.9. The molecule has 3 N–H and O–H groups in total. The molecule has 0 spiro atoms. The van der Waals surface area contributed by atoms with E-state index in [1.165, 1.54) is 41.5 Å². The Labute approximate surface area is 337 Å². The van der Waals surface area contributed by atoms with Gasteiger partial charge in [-0.1, -0.05) is 41.6 Å². The SMILES string of the molecule is COc1ccc(CN(Cc2ccc(OC)cc2)S(=O)(=O)c2c(S(=O)(=O)N[C@@H]3CN(C(=O)O)C[C@@H]3O)ccc(I)c2-c2cnnn2Cc2ccc(OC)cc2)cc1. The second-order valence-electron chi connectivity index (χ2n) is 12.8. The third-order valence-corrected chi connectivity index (χ3v) is 13.7. The molecule has 1 amide bonds. The number of nitrogens with one attached hydrogen (secondary N) is 1. The van der Waals surface area contributed by atoms with Gasteiger partial charge in [0.15, 0.2) is 0 Å². The maximum atomic E-state index is 15.5. The number of amides is 1. The molecular formula is C37H39IN6O10S2. The van der Waals surface area contributed by atoms with Crippen LogP contribution in [0.25, 0.3) is 11.3 Å². The van der Waals surface area contributed by atoms with E-state index in [9.17, 15) is 23.4 Å². The minimum absolute atomic E-state index is 0.0283. The molecule has 19 heteroatoms. The summed E-state index contributed by atoms with van der Waals surface area (Å²) in [5.74, 6) is 1.75. The topological polar surface area (TPSA) is 203 Å². The number of likely N-dealkylation sites (tertiary alicyclic amines) is 1. The van der Waals surface area contributed by atoms with Gasteiger partial charge in [0.2, 0.25) is 20.0 Å². The number of rotatable bonds is 15. The van der Waals surface area contributed by atoms with Crippen molar-refractivity contribution in [2.45, 2.75) is 41.6 Å². The number of hydrogen-bond acceptors (Lipinski definition) is 11. The molecule has 1 fully saturated rings. The van der Waals surface area contributed by atoms with Crippen LogP contribution in [0.1, 0.15) is 16.7 Å². The van der Waals surface area contributed by atoms with Crippen LogP contribution in [0.15, 0.2) is 101 Å². The molecule has 1 aromatic heterocycles. The highest BCUT2D eigenvalue weighted by molar-refractivity contribution is 14.1. The molecule has 296 valence electrons. The monoisotopic (exact) mass is 918 g/mol. The van der Waals surface area contributed by atoms with Crippen LogP contribution in [0.2, 0.25) is 0 Å². The summed E-state index contributed by atoms with van der Waals surface area (Å²) in [6.07, 6.45) is -1.36. The summed E-state index contributed by atoms with van der Waals surface area (Å²) in [6, 6.07) is 22.2. The fraction of sp³-hybridized carbons (Fsp3) is 0.270. The quantitative estimate of drug-likeness (QED) is 0.128. The number of nitrogens with zero attached hydrogens (tertiary/aromatic N) is 5. The number of aliphatic hydroxyl groups excluding tert-OH is 1. The van der Waals surface area contributed by atoms with Crippen molar-refractivity contribution in [1.29, 1.82) is 0 Å². The maximum Gasteiger partial charge on any atom is 0.407 e. The zero-order chi connectivity index (χ0) is 40.2. The summed E-state index contributed by atoms with van der Waals surface area (Å²) in [5, 5.41) is 28.6. The number of ether oxygens (including phenoxy) is 3. The van der Waals surface area contributed by atoms with Crippen molar-refractivity contribution >= 4 is 48.7 Å². The molecule has 0 aliphatic carbocycles. The van der Waals surface area contributed by atoms with Gasteiger partial charge in [0, 0.05) is 28.8 Å². The van der Waals surface area contributed by atoms with Crippen LogP contribution in [0, 0.1) is 3.57 Å². The Hall–Kier alpha value is -4.80. The molecule has 2 heterocycles. The molecular weight excluding hydrogens is 879 g/mol. The Morgan fingerprint density at radius 1 is 0.821 bits per heavy atom. The van der Waals surface area contributed by atoms with Crippen molar-refractivity contribution in [3.63, 3.8) is 0 Å². The summed E-state index contributed by atoms with van der Waals surface area (Å²) < 4.78 is 81.3. The molecule has 0 radical (unpaired) electrons. The Balaban J connectivity index is 1.54. The molecule has 6 rings (SSSR count). The smallest absolute Gasteiger partial charge is 0.407 e. The first-order chi connectivity index (χ1) is 26.7. The van der Waals surface area contributed by atoms with E-state index in [1.807, 2.05) is 34.7 Å². The van der Waals surface area contributed by atoms with Gasteiger partial charge in [0.1, 0.15) is 27.0 Å². The molecule has 1 aliphatic heterocycles. The van der Waals surface area contributed by atoms with Crippen molar-refractivity contribution in [3.05, 3.63) is 111 Å². The Morgan fingerprint density at radius 3 is 1.82 bits per heavy atom. The molecule has 0 bridgehead atoms. The number of aliphatic hydroxyl groups is 1. The van der Waals surface area contributed by atoms with Gasteiger partial charge in [-0.25, -0.2) is 31.0 Å². The molecule has 16 nitrogen and oxygen atoms in total. The summed E-state index contributed by atoms with van der Waals surface area (Å²) in [5.41, 5.74) is 2.20. The van der Waals surface area contributed by atoms with Crippen molar-refractivity contribution in [3.8, 4) is 28.5 Å². The van der Waals surface area contributed by atoms with E-state index < -0.39 is 48.1 Å². The molecule has 2 atom stereocenters. The number of carbonyl (C=O) groups is 1. The average Bonchev–Trinajstić information content (AvgIpc) is 3.80. The first-order valence-electron chi connectivity index (χ1n) is 17.0. The standard InChI is InChI=1S/C37H39IN6O10S2/c1-52-27-10-4-24(5-11-27)19-43(20-25-6-12-28(53-2)13-7-25)56(50,51)36-34(55(48,49)40-31-22-42(37(46)47)23-33(31)45)17-16-30(38)35(36)32-18-39-41-44(32)21-26-8-14-29(54-3)15-9-26/h4-18,31,33,40,45H,19-23H2,1-3H3,(H,46,47)/t31-,33+/m1/s1. The fourth-order valence-electron chi connectivity index (χ4n) is 6.26. The molecule has 0 unspecified atom stereocenters. The highest BCUT2D eigenvalue weighted by Gasteiger charge is 2.41. The van der Waals surface area contributed by atoms with Crippen molar-refractivity contribution in [2.24, 2.45) is 0 Å². The molecule has 0 saturated carbocycles. The highest BCUT2D eigenvalue weighted by Crippen LogP contribution is 2.39. The van der Waals surface area contributed by atoms with Gasteiger partial charge in [-0.05, 0) is 87.8 Å². The lowest BCUT2D eigenvalue weighted by molar-refractivity contribution is 0.138. The van der Waals surface area contributed by atoms with E-state index in [4.69, 9.17) is 14.2 Å². The van der Waals surface area contributed by atoms with Gasteiger partial charge in [-0.15, -0.1) is 5.10 Å². The Bertz CT molecular complexity index is 2350. The highest BCUT2D eigenvalue weighted by atomic mass is 127. The summed E-state index contributed by atoms with van der Waals surface area (Å²) in [7, 11) is -5.00. The summed E-state index contributed by atoms with van der Waals surface area (Å²) >= 11 is 1.96. The van der Waals surface area contributed by atoms with Gasteiger partial charge < -0.3 is 29.3 Å². The number of β-amino-alcohol motifs (C(OH)–C–C–N with tert-alkyl or cyclic N) is 1. The minimum atomic E-state index is -4.80. The third kappa shape index (κ3) is 8.92. The largest absolute Gasteiger partial charge is 0.497 e. The lowest BCUT2D eigenvalue weighted by atomic mass is 10.1. The van der Waals surface area contributed by atoms with Crippen LogP contribution in [0.3, 0.4) is 0 Å². The van der Waals surface area contributed by atoms with Crippen LogP contribution >= 0.6 is 22.6 Å². The van der Waals surface area contributed by atoms with Gasteiger partial charge in [0.05, 0.1) is 58.5 Å². The molecule has 1 aliphatic rings. The predicted molar refractivity (Wildman–Crippen MR) is 212 cm³/mol. The van der Waals surface area contributed by atoms with E-state index in [1.54, 1.807) is 67.8 Å². The first kappa shape index (κ1) is 40.9. The van der Waals surface area contributed by atoms with Gasteiger partial charge >= 0.3 is 6.09 Å². The van der Waals surface area contributed by atoms with E-state index in [-0.39, 0.29) is 44.0 Å². The number of carboxylic acid groups (broad SMARTS) is 1. The van der Waals surface area contributed by atoms with Crippen LogP contribution < -0.4 is 18.9 Å². The lowest BCUT2D eigenvalue weighted by Gasteiger charge is -2.27. The van der Waals surface area contributed by atoms with Crippen molar-refractivity contribution < 1.29 is 46.1 Å². The summed E-state index contributed by atoms with van der Waals surface area (Å²) in [6.45, 7) is -0.887. The zero-order valence-electron chi connectivity index (χ0n) is 30.4. The number of benzene rings is 4. The molecule has 4 aromatic carbocycles. The van der Waals surface area contributed by atoms with Crippen molar-refractivity contribution in [1.82, 2.24) is 28.9 Å². The molecule has 1 saturated heterocycles. The number of methoxy groups -OCH3 is 3. The Kier molecular flexibility index (Phi) is 12.5. The number of halogens is 1. The van der Waals surface area contributed by atoms with Crippen LogP contribution in [0.5, 0.6) is 17.2 Å². The lowest BCUT2D eigenvalue weighted by Crippen LogP contribution is -2.43. The third-order valence-electron chi connectivity index (χ3n) is 9.23. The summed E-state index contributed by atoms with van der Waals surface area (Å²) in [4.78, 5) is 11.4. The molecule has 5 aromatic rings. The fourth-order valence-corrected chi connectivity index (χ4v) is 10.9. The van der Waals surface area contributed by atoms with Gasteiger partial charge in [-0.2, -0.15) is 4.31 Å². The first-order valence-corrected chi connectivity index (χ1v) is 21.0. The average molecular weight is 919 g/mol. The van der Waals surface area contributed by atoms with Crippen LogP contribution in [-0.2, 0) is 39.7 Å². The van der Waals surface area contributed by atoms with Crippen LogP contribution in [-0.4, -0.2) is 104 Å². The van der Waals surface area contributed by atoms with Gasteiger partial charge in [0.25, 0.3) is 0 Å². The number of sulfonamides is 2. The van der Waals surface area contributed by atoms with E-state index in [0.29, 0.717) is 31.9 Å². The minimum Gasteiger partial charge on any atom is -0.497 e. The Morgan fingerprint density at radius 2 is 1.34 bits per heavy atom. The van der Waals surface area contributed by atoms with Crippen molar-refractivity contribution in [2.75, 3.05) is 34.4 Å². The van der Waals surface area contributed by atoms with Gasteiger partial charge in [-0.3, -0.25) is 0 Å². The second kappa shape index (κ2) is 17.1. The number of aromatic nitrogens is 3. The molecule has 56 heavy (non-hydrogen) atoms. The number of hydrogen-bond donors (Lipinski definition) is 3. The second-order valence-corrected chi connectivity index (χ2v) is 17.5. The van der Waals surface area contributed by atoms with E-state index >= 15 is 8.42 Å². The maximum absolute atomic E-state index is 15.5. The van der Waals surface area contributed by atoms with E-state index in [2.05, 4.69) is 15.0 Å². The van der Waals surface area contributed by atoms with Crippen LogP contribution in [0.4, 0.5) is 4.79 Å².